The highest BCUT2D eigenvalue weighted by molar-refractivity contribution is 5.81. The Labute approximate surface area is 160 Å². The average molecular weight is 364 g/mol. The molecule has 3 heterocycles. The van der Waals surface area contributed by atoms with Gasteiger partial charge in [-0.1, -0.05) is 30.3 Å². The van der Waals surface area contributed by atoms with Gasteiger partial charge in [-0.05, 0) is 37.2 Å². The van der Waals surface area contributed by atoms with Crippen LogP contribution < -0.4 is 0 Å². The summed E-state index contributed by atoms with van der Waals surface area (Å²) in [5.74, 6) is 1.31. The van der Waals surface area contributed by atoms with Crippen molar-refractivity contribution in [3.63, 3.8) is 0 Å². The molecule has 0 bridgehead atoms. The largest absolute Gasteiger partial charge is 0.348 e. The van der Waals surface area contributed by atoms with Crippen molar-refractivity contribution in [2.75, 3.05) is 19.6 Å². The first kappa shape index (κ1) is 17.0. The quantitative estimate of drug-likeness (QED) is 0.907. The second-order valence-corrected chi connectivity index (χ2v) is 8.35. The van der Waals surface area contributed by atoms with E-state index in [0.717, 1.165) is 58.3 Å². The molecule has 1 aromatic carbocycles. The van der Waals surface area contributed by atoms with E-state index < -0.39 is 0 Å². The average Bonchev–Trinajstić information content (AvgIpc) is 3.46. The first-order valence-corrected chi connectivity index (χ1v) is 10.4. The fourth-order valence-corrected chi connectivity index (χ4v) is 4.89. The molecular weight excluding hydrogens is 336 g/mol. The van der Waals surface area contributed by atoms with Crippen molar-refractivity contribution in [2.45, 2.75) is 44.7 Å². The lowest BCUT2D eigenvalue weighted by Gasteiger charge is -2.43. The first-order chi connectivity index (χ1) is 13.3. The second kappa shape index (κ2) is 7.12. The molecule has 1 N–H and O–H groups in total. The number of aromatic nitrogens is 2. The summed E-state index contributed by atoms with van der Waals surface area (Å²) in [7, 11) is 0. The van der Waals surface area contributed by atoms with Gasteiger partial charge < -0.3 is 9.88 Å². The summed E-state index contributed by atoms with van der Waals surface area (Å²) < 4.78 is 0. The number of imidazole rings is 1. The normalized spacial score (nSPS) is 24.0. The van der Waals surface area contributed by atoms with E-state index in [1.54, 1.807) is 0 Å². The number of hydrogen-bond donors (Lipinski definition) is 1. The molecule has 1 unspecified atom stereocenters. The first-order valence-electron chi connectivity index (χ1n) is 10.4. The number of aromatic amines is 1. The Morgan fingerprint density at radius 3 is 2.59 bits per heavy atom. The zero-order valence-electron chi connectivity index (χ0n) is 15.8. The van der Waals surface area contributed by atoms with Gasteiger partial charge in [-0.2, -0.15) is 0 Å². The number of hydrogen-bond acceptors (Lipinski definition) is 3. The van der Waals surface area contributed by atoms with Gasteiger partial charge in [0.2, 0.25) is 5.91 Å². The Bertz CT molecular complexity index is 790. The number of carbonyl (C=O) groups is 1. The Morgan fingerprint density at radius 1 is 1.07 bits per heavy atom. The Hall–Kier alpha value is -2.14. The predicted molar refractivity (Wildman–Crippen MR) is 104 cm³/mol. The second-order valence-electron chi connectivity index (χ2n) is 8.35. The van der Waals surface area contributed by atoms with E-state index in [2.05, 4.69) is 45.1 Å². The van der Waals surface area contributed by atoms with Crippen LogP contribution in [0.5, 0.6) is 0 Å². The Morgan fingerprint density at radius 2 is 1.85 bits per heavy atom. The van der Waals surface area contributed by atoms with E-state index >= 15 is 0 Å². The molecule has 1 aromatic heterocycles. The van der Waals surface area contributed by atoms with Crippen molar-refractivity contribution in [3.05, 3.63) is 53.6 Å². The maximum absolute atomic E-state index is 12.4. The number of carbonyl (C=O) groups excluding carboxylic acids is 1. The van der Waals surface area contributed by atoms with E-state index in [1.807, 2.05) is 6.33 Å². The lowest BCUT2D eigenvalue weighted by Crippen LogP contribution is -2.45. The SMILES string of the molecule is O=C(C1CC1)N1CCC(C2c3nc[nH]c3CCN2Cc2ccccc2)CC1. The van der Waals surface area contributed by atoms with Crippen LogP contribution in [0.3, 0.4) is 0 Å². The van der Waals surface area contributed by atoms with Crippen LogP contribution in [0.2, 0.25) is 0 Å². The fraction of sp³-hybridized carbons (Fsp3) is 0.545. The number of rotatable bonds is 4. The van der Waals surface area contributed by atoms with Crippen LogP contribution >= 0.6 is 0 Å². The molecule has 1 amide bonds. The van der Waals surface area contributed by atoms with E-state index in [1.165, 1.54) is 17.0 Å². The number of benzene rings is 1. The zero-order chi connectivity index (χ0) is 18.2. The minimum absolute atomic E-state index is 0.337. The van der Waals surface area contributed by atoms with Crippen molar-refractivity contribution in [1.82, 2.24) is 19.8 Å². The van der Waals surface area contributed by atoms with Gasteiger partial charge in [0.1, 0.15) is 0 Å². The summed E-state index contributed by atoms with van der Waals surface area (Å²) in [6, 6.07) is 11.1. The fourth-order valence-electron chi connectivity index (χ4n) is 4.89. The van der Waals surface area contributed by atoms with E-state index in [9.17, 15) is 4.79 Å². The molecule has 2 aromatic rings. The number of H-pyrrole nitrogens is 1. The minimum Gasteiger partial charge on any atom is -0.348 e. The van der Waals surface area contributed by atoms with Crippen molar-refractivity contribution in [2.24, 2.45) is 11.8 Å². The molecule has 1 atom stereocenters. The molecule has 0 radical (unpaired) electrons. The van der Waals surface area contributed by atoms with Gasteiger partial charge in [0, 0.05) is 44.2 Å². The van der Waals surface area contributed by atoms with Gasteiger partial charge >= 0.3 is 0 Å². The van der Waals surface area contributed by atoms with Crippen LogP contribution in [-0.2, 0) is 17.8 Å². The molecule has 3 aliphatic rings. The van der Waals surface area contributed by atoms with Crippen molar-refractivity contribution < 1.29 is 4.79 Å². The molecular formula is C22H28N4O. The molecule has 2 fully saturated rings. The highest BCUT2D eigenvalue weighted by Crippen LogP contribution is 2.40. The molecule has 5 heteroatoms. The van der Waals surface area contributed by atoms with Crippen LogP contribution in [0.15, 0.2) is 36.7 Å². The highest BCUT2D eigenvalue weighted by Gasteiger charge is 2.40. The van der Waals surface area contributed by atoms with Crippen molar-refractivity contribution in [3.8, 4) is 0 Å². The summed E-state index contributed by atoms with van der Waals surface area (Å²) in [5, 5.41) is 0. The topological polar surface area (TPSA) is 52.2 Å². The third-order valence-corrected chi connectivity index (χ3v) is 6.53. The van der Waals surface area contributed by atoms with E-state index in [0.29, 0.717) is 23.8 Å². The lowest BCUT2D eigenvalue weighted by atomic mass is 9.83. The van der Waals surface area contributed by atoms with Gasteiger partial charge in [0.25, 0.3) is 0 Å². The zero-order valence-corrected chi connectivity index (χ0v) is 15.8. The van der Waals surface area contributed by atoms with Crippen LogP contribution in [-0.4, -0.2) is 45.3 Å². The van der Waals surface area contributed by atoms with Crippen molar-refractivity contribution >= 4 is 5.91 Å². The number of fused-ring (bicyclic) bond motifs is 1. The third-order valence-electron chi connectivity index (χ3n) is 6.53. The summed E-state index contributed by atoms with van der Waals surface area (Å²) in [4.78, 5) is 25.2. The van der Waals surface area contributed by atoms with Gasteiger partial charge in [-0.25, -0.2) is 4.98 Å². The number of likely N-dealkylation sites (tertiary alicyclic amines) is 1. The summed E-state index contributed by atoms with van der Waals surface area (Å²) in [6.07, 6.45) is 7.26. The monoisotopic (exact) mass is 364 g/mol. The number of nitrogens with zero attached hydrogens (tertiary/aromatic N) is 3. The molecule has 5 nitrogen and oxygen atoms in total. The van der Waals surface area contributed by atoms with Crippen LogP contribution in [0.1, 0.15) is 48.7 Å². The molecule has 27 heavy (non-hydrogen) atoms. The molecule has 5 rings (SSSR count). The molecule has 142 valence electrons. The number of nitrogens with one attached hydrogen (secondary N) is 1. The van der Waals surface area contributed by atoms with Gasteiger partial charge in [0.05, 0.1) is 18.1 Å². The Balaban J connectivity index is 1.33. The van der Waals surface area contributed by atoms with E-state index in [-0.39, 0.29) is 0 Å². The maximum atomic E-state index is 12.4. The minimum atomic E-state index is 0.337. The molecule has 1 saturated carbocycles. The van der Waals surface area contributed by atoms with Crippen LogP contribution in [0, 0.1) is 11.8 Å². The Kier molecular flexibility index (Phi) is 4.48. The van der Waals surface area contributed by atoms with Gasteiger partial charge in [0.15, 0.2) is 0 Å². The highest BCUT2D eigenvalue weighted by atomic mass is 16.2. The predicted octanol–water partition coefficient (Wildman–Crippen LogP) is 3.16. The standard InChI is InChI=1S/C22H28N4O/c27-22(18-6-7-18)25-11-8-17(9-12-25)21-20-19(23-15-24-20)10-13-26(21)14-16-4-2-1-3-5-16/h1-5,15,17-18,21H,6-14H2,(H,23,24). The third kappa shape index (κ3) is 3.41. The number of amides is 1. The summed E-state index contributed by atoms with van der Waals surface area (Å²) >= 11 is 0. The van der Waals surface area contributed by atoms with Gasteiger partial charge in [-0.15, -0.1) is 0 Å². The molecule has 1 saturated heterocycles. The smallest absolute Gasteiger partial charge is 0.225 e. The van der Waals surface area contributed by atoms with Crippen LogP contribution in [0.4, 0.5) is 0 Å². The molecule has 1 aliphatic carbocycles. The summed E-state index contributed by atoms with van der Waals surface area (Å²) in [6.45, 7) is 3.86. The van der Waals surface area contributed by atoms with Crippen LogP contribution in [0.25, 0.3) is 0 Å². The lowest BCUT2D eigenvalue weighted by molar-refractivity contribution is -0.134. The maximum Gasteiger partial charge on any atom is 0.225 e. The summed E-state index contributed by atoms with van der Waals surface area (Å²) in [5.41, 5.74) is 3.91. The molecule has 2 aliphatic heterocycles. The molecule has 0 spiro atoms. The number of piperidine rings is 1. The van der Waals surface area contributed by atoms with E-state index in [4.69, 9.17) is 4.98 Å². The van der Waals surface area contributed by atoms with Gasteiger partial charge in [-0.3, -0.25) is 9.69 Å². The van der Waals surface area contributed by atoms with Crippen molar-refractivity contribution in [1.29, 1.82) is 0 Å².